The van der Waals surface area contributed by atoms with Gasteiger partial charge in [-0.2, -0.15) is 13.2 Å². The molecule has 0 spiro atoms. The molecule has 0 bridgehead atoms. The smallest absolute Gasteiger partial charge is 0.422 e. The van der Waals surface area contributed by atoms with Crippen molar-refractivity contribution in [1.82, 2.24) is 10.6 Å². The second-order valence-corrected chi connectivity index (χ2v) is 5.43. The van der Waals surface area contributed by atoms with E-state index in [0.717, 1.165) is 17.5 Å². The van der Waals surface area contributed by atoms with Crippen LogP contribution in [0.15, 0.2) is 24.3 Å². The summed E-state index contributed by atoms with van der Waals surface area (Å²) in [5.41, 5.74) is 2.18. The molecular weight excluding hydrogens is 313 g/mol. The molecule has 0 radical (unpaired) electrons. The van der Waals surface area contributed by atoms with Crippen LogP contribution in [0.1, 0.15) is 36.4 Å². The number of nitrogens with one attached hydrogen (secondary N) is 2. The number of amides is 2. The Labute approximate surface area is 131 Å². The number of fused-ring (bicyclic) bond motifs is 1. The SMILES string of the molecule is C[C@H]1C[C@@H](NC(=O)CNC(=O)OCC(F)(F)F)c2ccccc21. The fraction of sp³-hybridized carbons (Fsp3) is 0.467. The highest BCUT2D eigenvalue weighted by Crippen LogP contribution is 2.39. The Balaban J connectivity index is 1.79. The minimum atomic E-state index is -4.59. The van der Waals surface area contributed by atoms with Crippen molar-refractivity contribution < 1.29 is 27.5 Å². The number of alkyl halides is 3. The molecule has 0 unspecified atom stereocenters. The van der Waals surface area contributed by atoms with Crippen molar-refractivity contribution in [2.75, 3.05) is 13.2 Å². The van der Waals surface area contributed by atoms with E-state index in [1.165, 1.54) is 0 Å². The van der Waals surface area contributed by atoms with E-state index in [1.807, 2.05) is 29.6 Å². The van der Waals surface area contributed by atoms with Gasteiger partial charge in [-0.3, -0.25) is 4.79 Å². The molecule has 0 saturated carbocycles. The Hall–Kier alpha value is -2.25. The molecule has 2 N–H and O–H groups in total. The van der Waals surface area contributed by atoms with Gasteiger partial charge >= 0.3 is 12.3 Å². The van der Waals surface area contributed by atoms with Gasteiger partial charge in [0.15, 0.2) is 6.61 Å². The third-order valence-electron chi connectivity index (χ3n) is 3.59. The van der Waals surface area contributed by atoms with Crippen molar-refractivity contribution in [1.29, 1.82) is 0 Å². The Morgan fingerprint density at radius 2 is 1.91 bits per heavy atom. The van der Waals surface area contributed by atoms with Crippen LogP contribution in [0.2, 0.25) is 0 Å². The molecule has 1 aliphatic rings. The van der Waals surface area contributed by atoms with Crippen LogP contribution in [0, 0.1) is 0 Å². The monoisotopic (exact) mass is 330 g/mol. The molecule has 2 rings (SSSR count). The van der Waals surface area contributed by atoms with Crippen molar-refractivity contribution in [2.45, 2.75) is 31.5 Å². The zero-order chi connectivity index (χ0) is 17.0. The molecule has 0 saturated heterocycles. The molecule has 1 aromatic rings. The van der Waals surface area contributed by atoms with Crippen molar-refractivity contribution in [3.63, 3.8) is 0 Å². The van der Waals surface area contributed by atoms with Crippen LogP contribution in [-0.4, -0.2) is 31.3 Å². The van der Waals surface area contributed by atoms with Crippen molar-refractivity contribution in [2.24, 2.45) is 0 Å². The molecule has 2 amide bonds. The van der Waals surface area contributed by atoms with Gasteiger partial charge in [-0.1, -0.05) is 31.2 Å². The molecular formula is C15H17F3N2O3. The number of rotatable bonds is 4. The van der Waals surface area contributed by atoms with E-state index in [0.29, 0.717) is 5.92 Å². The van der Waals surface area contributed by atoms with Gasteiger partial charge in [0, 0.05) is 0 Å². The van der Waals surface area contributed by atoms with Gasteiger partial charge in [-0.15, -0.1) is 0 Å². The van der Waals surface area contributed by atoms with Gasteiger partial charge in [0.2, 0.25) is 5.91 Å². The van der Waals surface area contributed by atoms with Gasteiger partial charge in [-0.25, -0.2) is 4.79 Å². The normalized spacial score (nSPS) is 19.8. The lowest BCUT2D eigenvalue weighted by Crippen LogP contribution is -2.39. The second-order valence-electron chi connectivity index (χ2n) is 5.43. The average Bonchev–Trinajstić information content (AvgIpc) is 2.79. The standard InChI is InChI=1S/C15H17F3N2O3/c1-9-6-12(11-5-3-2-4-10(9)11)20-13(21)7-19-14(22)23-8-15(16,17)18/h2-5,9,12H,6-8H2,1H3,(H,19,22)(H,20,21)/t9-,12+/m0/s1. The number of alkyl carbamates (subject to hydrolysis) is 1. The van der Waals surface area contributed by atoms with Crippen LogP contribution in [0.4, 0.5) is 18.0 Å². The fourth-order valence-electron chi connectivity index (χ4n) is 2.62. The summed E-state index contributed by atoms with van der Waals surface area (Å²) in [4.78, 5) is 22.9. The van der Waals surface area contributed by atoms with E-state index in [1.54, 1.807) is 0 Å². The summed E-state index contributed by atoms with van der Waals surface area (Å²) in [7, 11) is 0. The number of hydrogen-bond acceptors (Lipinski definition) is 3. The molecule has 8 heteroatoms. The summed E-state index contributed by atoms with van der Waals surface area (Å²) in [6.45, 7) is -0.0740. The van der Waals surface area contributed by atoms with Gasteiger partial charge < -0.3 is 15.4 Å². The first-order chi connectivity index (χ1) is 10.8. The maximum Gasteiger partial charge on any atom is 0.422 e. The summed E-state index contributed by atoms with van der Waals surface area (Å²) in [6, 6.07) is 7.57. The zero-order valence-electron chi connectivity index (χ0n) is 12.4. The highest BCUT2D eigenvalue weighted by atomic mass is 19.4. The maximum absolute atomic E-state index is 11.9. The number of halogens is 3. The molecule has 0 fully saturated rings. The quantitative estimate of drug-likeness (QED) is 0.892. The molecule has 2 atom stereocenters. The molecule has 0 aliphatic heterocycles. The van der Waals surface area contributed by atoms with E-state index < -0.39 is 31.3 Å². The molecule has 0 aromatic heterocycles. The van der Waals surface area contributed by atoms with Crippen molar-refractivity contribution in [3.8, 4) is 0 Å². The summed E-state index contributed by atoms with van der Waals surface area (Å²) < 4.78 is 39.6. The Kier molecular flexibility index (Phi) is 5.12. The largest absolute Gasteiger partial charge is 0.440 e. The van der Waals surface area contributed by atoms with E-state index in [9.17, 15) is 22.8 Å². The third kappa shape index (κ3) is 4.87. The number of carbonyl (C=O) groups excluding carboxylic acids is 2. The Morgan fingerprint density at radius 1 is 1.26 bits per heavy atom. The van der Waals surface area contributed by atoms with Crippen LogP contribution in [-0.2, 0) is 9.53 Å². The molecule has 1 aliphatic carbocycles. The average molecular weight is 330 g/mol. The minimum absolute atomic E-state index is 0.165. The lowest BCUT2D eigenvalue weighted by molar-refractivity contribution is -0.160. The first-order valence-corrected chi connectivity index (χ1v) is 7.12. The lowest BCUT2D eigenvalue weighted by Gasteiger charge is -2.15. The molecule has 1 aromatic carbocycles. The summed E-state index contributed by atoms with van der Waals surface area (Å²) >= 11 is 0. The van der Waals surface area contributed by atoms with E-state index in [-0.39, 0.29) is 6.04 Å². The predicted octanol–water partition coefficient (Wildman–Crippen LogP) is 2.64. The highest BCUT2D eigenvalue weighted by Gasteiger charge is 2.30. The second kappa shape index (κ2) is 6.89. The van der Waals surface area contributed by atoms with Crippen LogP contribution < -0.4 is 10.6 Å². The summed E-state index contributed by atoms with van der Waals surface area (Å²) in [6.07, 6.45) is -5.13. The van der Waals surface area contributed by atoms with E-state index in [4.69, 9.17) is 0 Å². The topological polar surface area (TPSA) is 67.4 Å². The Bertz CT molecular complexity index is 590. The lowest BCUT2D eigenvalue weighted by atomic mass is 10.0. The maximum atomic E-state index is 11.9. The molecule has 126 valence electrons. The summed E-state index contributed by atoms with van der Waals surface area (Å²) in [5.74, 6) is -0.177. The first-order valence-electron chi connectivity index (χ1n) is 7.12. The van der Waals surface area contributed by atoms with Crippen LogP contribution in [0.3, 0.4) is 0 Å². The number of ether oxygens (including phenoxy) is 1. The van der Waals surface area contributed by atoms with Gasteiger partial charge in [0.05, 0.1) is 6.04 Å². The molecule has 0 heterocycles. The van der Waals surface area contributed by atoms with Crippen molar-refractivity contribution in [3.05, 3.63) is 35.4 Å². The van der Waals surface area contributed by atoms with Gasteiger partial charge in [0.1, 0.15) is 6.54 Å². The van der Waals surface area contributed by atoms with Crippen LogP contribution in [0.5, 0.6) is 0 Å². The third-order valence-corrected chi connectivity index (χ3v) is 3.59. The van der Waals surface area contributed by atoms with Gasteiger partial charge in [-0.05, 0) is 23.5 Å². The van der Waals surface area contributed by atoms with E-state index in [2.05, 4.69) is 17.0 Å². The predicted molar refractivity (Wildman–Crippen MR) is 75.8 cm³/mol. The first kappa shape index (κ1) is 17.1. The zero-order valence-corrected chi connectivity index (χ0v) is 12.4. The summed E-state index contributed by atoms with van der Waals surface area (Å²) in [5, 5.41) is 4.75. The van der Waals surface area contributed by atoms with Crippen molar-refractivity contribution >= 4 is 12.0 Å². The van der Waals surface area contributed by atoms with Gasteiger partial charge in [0.25, 0.3) is 0 Å². The fourth-order valence-corrected chi connectivity index (χ4v) is 2.62. The minimum Gasteiger partial charge on any atom is -0.440 e. The number of carbonyl (C=O) groups is 2. The number of benzene rings is 1. The van der Waals surface area contributed by atoms with Crippen LogP contribution >= 0.6 is 0 Å². The number of hydrogen-bond donors (Lipinski definition) is 2. The molecule has 5 nitrogen and oxygen atoms in total. The Morgan fingerprint density at radius 3 is 2.57 bits per heavy atom. The molecule has 23 heavy (non-hydrogen) atoms. The van der Waals surface area contributed by atoms with E-state index >= 15 is 0 Å². The van der Waals surface area contributed by atoms with Crippen LogP contribution in [0.25, 0.3) is 0 Å². The highest BCUT2D eigenvalue weighted by molar-refractivity contribution is 5.82.